The summed E-state index contributed by atoms with van der Waals surface area (Å²) in [7, 11) is 0. The Morgan fingerprint density at radius 2 is 1.72 bits per heavy atom. The van der Waals surface area contributed by atoms with E-state index in [9.17, 15) is 9.18 Å². The summed E-state index contributed by atoms with van der Waals surface area (Å²) in [5, 5.41) is 4.09. The lowest BCUT2D eigenvalue weighted by Crippen LogP contribution is -2.40. The molecule has 2 amide bonds. The molecule has 36 heavy (non-hydrogen) atoms. The number of fused-ring (bicyclic) bond motifs is 1. The number of benzene rings is 2. The molecule has 8 heteroatoms. The van der Waals surface area contributed by atoms with Crippen LogP contribution in [0.2, 0.25) is 0 Å². The molecule has 7 nitrogen and oxygen atoms in total. The molecule has 0 saturated carbocycles. The molecule has 0 radical (unpaired) electrons. The lowest BCUT2D eigenvalue weighted by molar-refractivity contribution is 0.181. The van der Waals surface area contributed by atoms with Crippen molar-refractivity contribution in [3.8, 4) is 16.8 Å². The second kappa shape index (κ2) is 9.70. The number of halogens is 1. The summed E-state index contributed by atoms with van der Waals surface area (Å²) in [4.78, 5) is 24.6. The summed E-state index contributed by atoms with van der Waals surface area (Å²) in [6.45, 7) is 5.26. The van der Waals surface area contributed by atoms with Gasteiger partial charge in [-0.3, -0.25) is 0 Å². The number of nitrogens with zero attached hydrogens (tertiary/aromatic N) is 5. The molecule has 184 valence electrons. The highest BCUT2D eigenvalue weighted by Crippen LogP contribution is 2.37. The highest BCUT2D eigenvalue weighted by molar-refractivity contribution is 5.90. The quantitative estimate of drug-likeness (QED) is 0.440. The average molecular weight is 485 g/mol. The van der Waals surface area contributed by atoms with Crippen LogP contribution in [0.5, 0.6) is 0 Å². The Hall–Kier alpha value is -3.78. The molecule has 2 aliphatic rings. The number of amides is 2. The number of carbonyl (C=O) groups excluding carboxylic acids is 1. The van der Waals surface area contributed by atoms with Gasteiger partial charge in [-0.05, 0) is 79.4 Å². The van der Waals surface area contributed by atoms with Crippen LogP contribution in [0, 0.1) is 5.82 Å². The van der Waals surface area contributed by atoms with Crippen molar-refractivity contribution in [1.29, 1.82) is 0 Å². The molecule has 4 aromatic rings. The predicted molar refractivity (Wildman–Crippen MR) is 138 cm³/mol. The maximum absolute atomic E-state index is 13.6. The van der Waals surface area contributed by atoms with Gasteiger partial charge in [0.2, 0.25) is 0 Å². The van der Waals surface area contributed by atoms with E-state index in [4.69, 9.17) is 0 Å². The number of nitrogens with one attached hydrogen (secondary N) is 1. The summed E-state index contributed by atoms with van der Waals surface area (Å²) in [5.41, 5.74) is 5.46. The number of piperidine rings is 1. The fourth-order valence-corrected chi connectivity index (χ4v) is 5.48. The van der Waals surface area contributed by atoms with Crippen molar-refractivity contribution >= 4 is 16.9 Å². The van der Waals surface area contributed by atoms with Gasteiger partial charge in [-0.2, -0.15) is 0 Å². The van der Waals surface area contributed by atoms with Gasteiger partial charge in [-0.15, -0.1) is 0 Å². The molecule has 2 fully saturated rings. The van der Waals surface area contributed by atoms with Crippen molar-refractivity contribution in [3.63, 3.8) is 0 Å². The minimum atomic E-state index is -0.236. The van der Waals surface area contributed by atoms with E-state index in [1.807, 2.05) is 29.4 Å². The second-order valence-electron chi connectivity index (χ2n) is 9.62. The van der Waals surface area contributed by atoms with Crippen LogP contribution < -0.4 is 5.32 Å². The van der Waals surface area contributed by atoms with Crippen molar-refractivity contribution in [2.75, 3.05) is 39.3 Å². The smallest absolute Gasteiger partial charge is 0.317 e. The third kappa shape index (κ3) is 4.44. The van der Waals surface area contributed by atoms with E-state index in [0.717, 1.165) is 74.4 Å². The van der Waals surface area contributed by atoms with E-state index in [-0.39, 0.29) is 11.8 Å². The number of likely N-dealkylation sites (tertiary alicyclic amines) is 1. The highest BCUT2D eigenvalue weighted by Gasteiger charge is 2.26. The summed E-state index contributed by atoms with van der Waals surface area (Å²) in [5.74, 6) is 0.198. The van der Waals surface area contributed by atoms with Crippen molar-refractivity contribution < 1.29 is 9.18 Å². The van der Waals surface area contributed by atoms with Gasteiger partial charge in [-0.1, -0.05) is 6.07 Å². The molecular weight excluding hydrogens is 455 g/mol. The molecule has 2 aromatic carbocycles. The second-order valence-corrected chi connectivity index (χ2v) is 9.62. The Morgan fingerprint density at radius 1 is 0.944 bits per heavy atom. The number of carbonyl (C=O) groups is 1. The molecule has 2 aromatic heterocycles. The first-order chi connectivity index (χ1) is 17.7. The zero-order valence-corrected chi connectivity index (χ0v) is 20.1. The van der Waals surface area contributed by atoms with Gasteiger partial charge in [0.15, 0.2) is 0 Å². The third-order valence-corrected chi connectivity index (χ3v) is 7.49. The highest BCUT2D eigenvalue weighted by atomic mass is 19.1. The number of aromatic nitrogens is 3. The molecule has 2 aliphatic heterocycles. The van der Waals surface area contributed by atoms with Gasteiger partial charge in [0, 0.05) is 61.4 Å². The van der Waals surface area contributed by atoms with Gasteiger partial charge >= 0.3 is 6.03 Å². The Bertz CT molecular complexity index is 1360. The van der Waals surface area contributed by atoms with E-state index in [1.165, 1.54) is 23.1 Å². The first kappa shape index (κ1) is 22.7. The van der Waals surface area contributed by atoms with Crippen LogP contribution in [-0.2, 0) is 0 Å². The summed E-state index contributed by atoms with van der Waals surface area (Å²) < 4.78 is 15.8. The molecular formula is C28H29FN6O. The van der Waals surface area contributed by atoms with E-state index in [0.29, 0.717) is 5.92 Å². The van der Waals surface area contributed by atoms with Gasteiger partial charge in [0.1, 0.15) is 12.1 Å². The van der Waals surface area contributed by atoms with Crippen molar-refractivity contribution in [3.05, 3.63) is 78.8 Å². The van der Waals surface area contributed by atoms with Gasteiger partial charge < -0.3 is 19.7 Å². The molecule has 0 spiro atoms. The predicted octanol–water partition coefficient (Wildman–Crippen LogP) is 4.43. The maximum atomic E-state index is 13.6. The molecule has 2 saturated heterocycles. The molecule has 0 bridgehead atoms. The Labute approximate surface area is 209 Å². The minimum Gasteiger partial charge on any atom is -0.336 e. The summed E-state index contributed by atoms with van der Waals surface area (Å²) in [6, 6.07) is 13.2. The van der Waals surface area contributed by atoms with Crippen LogP contribution >= 0.6 is 0 Å². The average Bonchev–Trinajstić information content (AvgIpc) is 3.51. The lowest BCUT2D eigenvalue weighted by Gasteiger charge is -2.32. The van der Waals surface area contributed by atoms with Crippen molar-refractivity contribution in [1.82, 2.24) is 29.7 Å². The van der Waals surface area contributed by atoms with Crippen LogP contribution in [0.1, 0.15) is 24.3 Å². The van der Waals surface area contributed by atoms with Crippen LogP contribution in [0.3, 0.4) is 0 Å². The molecule has 4 heterocycles. The maximum Gasteiger partial charge on any atom is 0.317 e. The molecule has 0 aliphatic carbocycles. The van der Waals surface area contributed by atoms with Gasteiger partial charge in [0.05, 0.1) is 5.52 Å². The topological polar surface area (TPSA) is 66.3 Å². The Morgan fingerprint density at radius 3 is 2.44 bits per heavy atom. The fourth-order valence-electron chi connectivity index (χ4n) is 5.48. The van der Waals surface area contributed by atoms with Crippen LogP contribution in [-0.4, -0.2) is 69.6 Å². The van der Waals surface area contributed by atoms with Crippen LogP contribution in [0.25, 0.3) is 27.7 Å². The zero-order valence-electron chi connectivity index (χ0n) is 20.1. The van der Waals surface area contributed by atoms with E-state index >= 15 is 0 Å². The largest absolute Gasteiger partial charge is 0.336 e. The van der Waals surface area contributed by atoms with E-state index in [1.54, 1.807) is 6.33 Å². The first-order valence-corrected chi connectivity index (χ1v) is 12.6. The fraction of sp³-hybridized carbons (Fsp3) is 0.321. The lowest BCUT2D eigenvalue weighted by atomic mass is 9.88. The van der Waals surface area contributed by atoms with Crippen molar-refractivity contribution in [2.45, 2.75) is 18.8 Å². The molecule has 0 unspecified atom stereocenters. The van der Waals surface area contributed by atoms with Gasteiger partial charge in [0.25, 0.3) is 0 Å². The van der Waals surface area contributed by atoms with E-state index in [2.05, 4.69) is 49.1 Å². The molecule has 1 N–H and O–H groups in total. The first-order valence-electron chi connectivity index (χ1n) is 12.6. The van der Waals surface area contributed by atoms with Crippen LogP contribution in [0.15, 0.2) is 67.4 Å². The monoisotopic (exact) mass is 484 g/mol. The van der Waals surface area contributed by atoms with Crippen molar-refractivity contribution in [2.24, 2.45) is 0 Å². The van der Waals surface area contributed by atoms with E-state index < -0.39 is 0 Å². The normalized spacial score (nSPS) is 17.1. The summed E-state index contributed by atoms with van der Waals surface area (Å²) >= 11 is 0. The SMILES string of the molecule is O=C1NCCN1CCN1CCC(c2cn(-c3ccc(F)cc3)c3ccc(-c4cncnc4)cc23)CC1. The summed E-state index contributed by atoms with van der Waals surface area (Å²) in [6.07, 6.45) is 9.58. The minimum absolute atomic E-state index is 0.0538. The van der Waals surface area contributed by atoms with Gasteiger partial charge in [-0.25, -0.2) is 19.2 Å². The molecule has 0 atom stereocenters. The Kier molecular flexibility index (Phi) is 6.11. The standard InChI is InChI=1S/C28H29FN6O/c29-23-2-4-24(5-3-23)35-18-26(25-15-21(1-6-27(25)35)22-16-30-19-31-17-22)20-7-10-33(11-8-20)13-14-34-12-9-32-28(34)36/h1-6,15-20H,7-14H2,(H,32,36). The Balaban J connectivity index is 1.28. The van der Waals surface area contributed by atoms with Crippen LogP contribution in [0.4, 0.5) is 9.18 Å². The number of urea groups is 1. The number of hydrogen-bond donors (Lipinski definition) is 1. The number of rotatable bonds is 6. The third-order valence-electron chi connectivity index (χ3n) is 7.49. The number of hydrogen-bond acceptors (Lipinski definition) is 4. The molecule has 6 rings (SSSR count). The zero-order chi connectivity index (χ0) is 24.5.